The first-order chi connectivity index (χ1) is 20.3. The van der Waals surface area contributed by atoms with Crippen molar-refractivity contribution in [2.24, 2.45) is 0 Å². The van der Waals surface area contributed by atoms with E-state index in [-0.39, 0.29) is 23.5 Å². The highest BCUT2D eigenvalue weighted by Gasteiger charge is 2.56. The third-order valence-electron chi connectivity index (χ3n) is 7.12. The van der Waals surface area contributed by atoms with Crippen LogP contribution in [0, 0.1) is 6.92 Å². The van der Waals surface area contributed by atoms with E-state index in [1.54, 1.807) is 20.8 Å². The van der Waals surface area contributed by atoms with Gasteiger partial charge in [0.2, 0.25) is 0 Å². The minimum absolute atomic E-state index is 0.0728. The van der Waals surface area contributed by atoms with Crippen LogP contribution in [0.4, 0.5) is 42.9 Å². The summed E-state index contributed by atoms with van der Waals surface area (Å²) >= 11 is 1.38. The minimum Gasteiger partial charge on any atom is -0.464 e. The molecule has 1 heterocycles. The highest BCUT2D eigenvalue weighted by Crippen LogP contribution is 2.39. The quantitative estimate of drug-likeness (QED) is 0.0875. The Morgan fingerprint density at radius 1 is 0.955 bits per heavy atom. The van der Waals surface area contributed by atoms with Crippen LogP contribution in [0.3, 0.4) is 0 Å². The molecule has 3 N–H and O–H groups in total. The monoisotopic (exact) mass is 674 g/mol. The molecule has 10 nitrogen and oxygen atoms in total. The molecule has 0 atom stereocenters. The summed E-state index contributed by atoms with van der Waals surface area (Å²) in [5, 5.41) is 8.66. The van der Waals surface area contributed by atoms with Crippen molar-refractivity contribution in [3.63, 3.8) is 0 Å². The number of hydrogen-bond acceptors (Lipinski definition) is 6. The molecule has 17 heteroatoms. The highest BCUT2D eigenvalue weighted by molar-refractivity contribution is 7.99. The minimum atomic E-state index is -5.50. The van der Waals surface area contributed by atoms with Crippen LogP contribution < -0.4 is 14.3 Å². The first kappa shape index (κ1) is 37.4. The van der Waals surface area contributed by atoms with Crippen LogP contribution in [0.2, 0.25) is 0 Å². The van der Waals surface area contributed by atoms with E-state index >= 15 is 0 Å². The highest BCUT2D eigenvalue weighted by atomic mass is 32.2. The smallest absolute Gasteiger partial charge is 0.453 e. The molecule has 250 valence electrons. The topological polar surface area (TPSA) is 136 Å². The number of carbonyl (C=O) groups excluding carboxylic acids is 2. The third-order valence-corrected chi connectivity index (χ3v) is 9.21. The molecule has 1 aliphatic rings. The lowest BCUT2D eigenvalue weighted by atomic mass is 10.0. The number of hydrogen-bond donors (Lipinski definition) is 3. The van der Waals surface area contributed by atoms with E-state index in [2.05, 4.69) is 4.72 Å². The van der Waals surface area contributed by atoms with Crippen molar-refractivity contribution in [3.8, 4) is 0 Å². The number of rotatable bonds is 18. The van der Waals surface area contributed by atoms with E-state index in [9.17, 15) is 44.8 Å². The lowest BCUT2D eigenvalue weighted by Gasteiger charge is -2.27. The molecule has 1 aliphatic heterocycles. The van der Waals surface area contributed by atoms with Gasteiger partial charge in [-0.1, -0.05) is 32.1 Å². The molecule has 0 aliphatic carbocycles. The first-order valence-corrected chi connectivity index (χ1v) is 16.8. The molecule has 0 saturated carbocycles. The number of halogens is 5. The van der Waals surface area contributed by atoms with E-state index in [1.807, 2.05) is 0 Å². The number of thioether (sulfide) groups is 1. The number of imide groups is 1. The number of carboxylic acid groups (broad SMARTS) is 1. The predicted octanol–water partition coefficient (Wildman–Crippen LogP) is 6.91. The summed E-state index contributed by atoms with van der Waals surface area (Å²) in [5.41, 5.74) is -0.417. The summed E-state index contributed by atoms with van der Waals surface area (Å²) in [4.78, 5) is 39.7. The average molecular weight is 675 g/mol. The molecule has 4 amide bonds. The molecule has 1 saturated heterocycles. The van der Waals surface area contributed by atoms with Crippen molar-refractivity contribution >= 4 is 51.4 Å². The Morgan fingerprint density at radius 3 is 2.09 bits per heavy atom. The Balaban J connectivity index is 1.73. The molecule has 1 aromatic rings. The molecular weight excluding hydrogens is 635 g/mol. The maximum atomic E-state index is 13.3. The van der Waals surface area contributed by atoms with E-state index in [0.717, 1.165) is 43.4 Å². The van der Waals surface area contributed by atoms with E-state index in [1.165, 1.54) is 39.6 Å². The zero-order valence-corrected chi connectivity index (χ0v) is 26.4. The van der Waals surface area contributed by atoms with Crippen LogP contribution in [0.25, 0.3) is 0 Å². The van der Waals surface area contributed by atoms with E-state index in [0.29, 0.717) is 24.3 Å². The number of alkyl halides is 5. The molecule has 0 unspecified atom stereocenters. The predicted molar refractivity (Wildman–Crippen MR) is 158 cm³/mol. The number of benzene rings is 1. The maximum Gasteiger partial charge on any atom is 0.453 e. The standard InChI is InChI=1S/C27H39F5N4O6S2/c1-19-18-20(12-13-21(19)33-44(41,42)34-23(38)39)36-22(37)25(2,3)35(24(36)40)15-9-7-5-4-6-8-10-16-43-17-11-14-26(28,29)27(30,31)32/h12-13,18,33-34H,4-11,14-17H2,1-3H3,(H,38,39). The Labute approximate surface area is 258 Å². The number of nitrogens with one attached hydrogen (secondary N) is 2. The summed E-state index contributed by atoms with van der Waals surface area (Å²) in [6.07, 6.45) is -2.57. The lowest BCUT2D eigenvalue weighted by Crippen LogP contribution is -2.44. The fraction of sp³-hybridized carbons (Fsp3) is 0.667. The molecule has 0 aromatic heterocycles. The third kappa shape index (κ3) is 10.4. The molecular formula is C27H39F5N4O6S2. The fourth-order valence-corrected chi connectivity index (χ4v) is 6.38. The van der Waals surface area contributed by atoms with Crippen LogP contribution in [0.15, 0.2) is 18.2 Å². The van der Waals surface area contributed by atoms with Gasteiger partial charge in [-0.05, 0) is 75.3 Å². The van der Waals surface area contributed by atoms with Gasteiger partial charge >= 0.3 is 34.4 Å². The van der Waals surface area contributed by atoms with Crippen molar-refractivity contribution in [1.82, 2.24) is 9.62 Å². The van der Waals surface area contributed by atoms with Crippen LogP contribution in [0.1, 0.15) is 77.2 Å². The largest absolute Gasteiger partial charge is 0.464 e. The Hall–Kier alpha value is -2.82. The van der Waals surface area contributed by atoms with Gasteiger partial charge in [-0.25, -0.2) is 19.2 Å². The Kier molecular flexibility index (Phi) is 13.1. The summed E-state index contributed by atoms with van der Waals surface area (Å²) in [6, 6.07) is 3.69. The van der Waals surface area contributed by atoms with Gasteiger partial charge in [-0.2, -0.15) is 42.1 Å². The fourth-order valence-electron chi connectivity index (χ4n) is 4.62. The van der Waals surface area contributed by atoms with Gasteiger partial charge in [-0.15, -0.1) is 0 Å². The molecule has 0 spiro atoms. The van der Waals surface area contributed by atoms with E-state index in [4.69, 9.17) is 5.11 Å². The van der Waals surface area contributed by atoms with Crippen molar-refractivity contribution in [2.75, 3.05) is 27.7 Å². The Morgan fingerprint density at radius 2 is 1.52 bits per heavy atom. The average Bonchev–Trinajstić information content (AvgIpc) is 3.05. The summed E-state index contributed by atoms with van der Waals surface area (Å²) in [7, 11) is -4.38. The normalized spacial score (nSPS) is 15.6. The van der Waals surface area contributed by atoms with Gasteiger partial charge < -0.3 is 10.0 Å². The van der Waals surface area contributed by atoms with Crippen LogP contribution >= 0.6 is 11.8 Å². The van der Waals surface area contributed by atoms with Gasteiger partial charge in [0.1, 0.15) is 5.54 Å². The summed E-state index contributed by atoms with van der Waals surface area (Å²) < 4.78 is 89.4. The number of nitrogens with zero attached hydrogens (tertiary/aromatic N) is 2. The molecule has 44 heavy (non-hydrogen) atoms. The van der Waals surface area contributed by atoms with Crippen molar-refractivity contribution in [1.29, 1.82) is 0 Å². The van der Waals surface area contributed by atoms with Crippen LogP contribution in [0.5, 0.6) is 0 Å². The van der Waals surface area contributed by atoms with Gasteiger partial charge in [0.25, 0.3) is 5.91 Å². The maximum absolute atomic E-state index is 13.3. The van der Waals surface area contributed by atoms with Crippen LogP contribution in [-0.2, 0) is 15.0 Å². The van der Waals surface area contributed by atoms with Crippen molar-refractivity contribution < 1.29 is 49.9 Å². The van der Waals surface area contributed by atoms with Crippen molar-refractivity contribution in [3.05, 3.63) is 23.8 Å². The SMILES string of the molecule is Cc1cc(N2C(=O)N(CCCCCCCCCSCCCC(F)(F)C(F)(F)F)C(C)(C)C2=O)ccc1NS(=O)(=O)NC(=O)O. The van der Waals surface area contributed by atoms with Gasteiger partial charge in [0.05, 0.1) is 11.4 Å². The Bertz CT molecular complexity index is 1280. The van der Waals surface area contributed by atoms with Crippen molar-refractivity contribution in [2.45, 2.75) is 96.2 Å². The lowest BCUT2D eigenvalue weighted by molar-refractivity contribution is -0.284. The second kappa shape index (κ2) is 15.5. The van der Waals surface area contributed by atoms with Gasteiger partial charge in [0, 0.05) is 13.0 Å². The van der Waals surface area contributed by atoms with Gasteiger partial charge in [-0.3, -0.25) is 9.52 Å². The number of carbonyl (C=O) groups is 3. The molecule has 1 fully saturated rings. The number of unbranched alkanes of at least 4 members (excludes halogenated alkanes) is 6. The summed E-state index contributed by atoms with van der Waals surface area (Å²) in [6.45, 7) is 5.21. The number of amides is 4. The van der Waals surface area contributed by atoms with Gasteiger partial charge in [0.15, 0.2) is 0 Å². The zero-order valence-electron chi connectivity index (χ0n) is 24.8. The summed E-state index contributed by atoms with van der Waals surface area (Å²) in [5.74, 6) is -4.11. The number of anilines is 2. The number of urea groups is 1. The zero-order chi connectivity index (χ0) is 33.3. The number of aryl methyl sites for hydroxylation is 1. The second-order valence-corrected chi connectivity index (χ2v) is 13.7. The second-order valence-electron chi connectivity index (χ2n) is 11.0. The first-order valence-electron chi connectivity index (χ1n) is 14.1. The molecule has 0 radical (unpaired) electrons. The molecule has 2 rings (SSSR count). The molecule has 1 aromatic carbocycles. The van der Waals surface area contributed by atoms with E-state index < -0.39 is 52.3 Å². The molecule has 0 bridgehead atoms. The van der Waals surface area contributed by atoms with Crippen LogP contribution in [-0.4, -0.2) is 72.1 Å².